The largest absolute Gasteiger partial charge is 0.396 e. The highest BCUT2D eigenvalue weighted by Crippen LogP contribution is 2.13. The normalized spacial score (nSPS) is 12.7. The third-order valence-electron chi connectivity index (χ3n) is 2.06. The zero-order chi connectivity index (χ0) is 11.1. The minimum atomic E-state index is -0.935. The number of benzene rings is 1. The Kier molecular flexibility index (Phi) is 5.91. The molecule has 0 saturated carbocycles. The summed E-state index contributed by atoms with van der Waals surface area (Å²) < 4.78 is 11.7. The molecule has 1 aromatic carbocycles. The van der Waals surface area contributed by atoms with Gasteiger partial charge < -0.3 is 5.11 Å². The Bertz CT molecular complexity index is 311. The molecule has 4 heteroatoms. The number of aliphatic hydroxyl groups excluding tert-OH is 1. The fourth-order valence-electron chi connectivity index (χ4n) is 1.23. The van der Waals surface area contributed by atoms with E-state index in [-0.39, 0.29) is 6.61 Å². The number of hydrogen-bond acceptors (Lipinski definition) is 2. The van der Waals surface area contributed by atoms with Gasteiger partial charge in [-0.1, -0.05) is 18.0 Å². The van der Waals surface area contributed by atoms with Crippen LogP contribution >= 0.6 is 11.6 Å². The van der Waals surface area contributed by atoms with Gasteiger partial charge >= 0.3 is 0 Å². The highest BCUT2D eigenvalue weighted by Gasteiger charge is 2.02. The predicted molar refractivity (Wildman–Crippen MR) is 63.7 cm³/mol. The summed E-state index contributed by atoms with van der Waals surface area (Å²) in [6.07, 6.45) is 2.60. The van der Waals surface area contributed by atoms with Gasteiger partial charge in [0.25, 0.3) is 0 Å². The van der Waals surface area contributed by atoms with Gasteiger partial charge in [0.05, 0.1) is 10.8 Å². The lowest BCUT2D eigenvalue weighted by Gasteiger charge is -2.01. The standard InChI is InChI=1S/C11H15ClO2S/c12-10-4-6-11(7-5-10)15(14)9-3-1-2-8-13/h4-7,13H,1-3,8-9H2. The lowest BCUT2D eigenvalue weighted by atomic mass is 10.3. The average Bonchev–Trinajstić information content (AvgIpc) is 2.25. The zero-order valence-corrected chi connectivity index (χ0v) is 10.1. The smallest absolute Gasteiger partial charge is 0.0529 e. The Hall–Kier alpha value is -0.380. The van der Waals surface area contributed by atoms with Gasteiger partial charge in [0.2, 0.25) is 0 Å². The van der Waals surface area contributed by atoms with Crippen molar-refractivity contribution in [1.82, 2.24) is 0 Å². The van der Waals surface area contributed by atoms with Crippen LogP contribution in [0.2, 0.25) is 5.02 Å². The molecule has 2 nitrogen and oxygen atoms in total. The van der Waals surface area contributed by atoms with E-state index in [0.29, 0.717) is 10.8 Å². The molecule has 0 aliphatic heterocycles. The van der Waals surface area contributed by atoms with Crippen LogP contribution in [0.5, 0.6) is 0 Å². The van der Waals surface area contributed by atoms with Crippen molar-refractivity contribution >= 4 is 22.4 Å². The number of unbranched alkanes of at least 4 members (excludes halogenated alkanes) is 2. The third-order valence-corrected chi connectivity index (χ3v) is 3.77. The summed E-state index contributed by atoms with van der Waals surface area (Å²) in [5, 5.41) is 9.25. The molecule has 1 rings (SSSR count). The second-order valence-electron chi connectivity index (χ2n) is 3.29. The molecule has 1 N–H and O–H groups in total. The molecular weight excluding hydrogens is 232 g/mol. The van der Waals surface area contributed by atoms with Gasteiger partial charge in [-0.2, -0.15) is 0 Å². The van der Waals surface area contributed by atoms with Crippen molar-refractivity contribution in [2.75, 3.05) is 12.4 Å². The zero-order valence-electron chi connectivity index (χ0n) is 8.49. The molecule has 1 aromatic rings. The molecule has 84 valence electrons. The first-order chi connectivity index (χ1) is 7.24. The van der Waals surface area contributed by atoms with Crippen LogP contribution in [0, 0.1) is 0 Å². The number of rotatable bonds is 6. The topological polar surface area (TPSA) is 37.3 Å². The summed E-state index contributed by atoms with van der Waals surface area (Å²) in [6, 6.07) is 7.10. The summed E-state index contributed by atoms with van der Waals surface area (Å²) in [4.78, 5) is 0.823. The first-order valence-corrected chi connectivity index (χ1v) is 6.68. The Morgan fingerprint density at radius 3 is 2.40 bits per heavy atom. The molecule has 0 bridgehead atoms. The average molecular weight is 247 g/mol. The summed E-state index contributed by atoms with van der Waals surface area (Å²) in [5.41, 5.74) is 0. The van der Waals surface area contributed by atoms with E-state index in [4.69, 9.17) is 16.7 Å². The highest BCUT2D eigenvalue weighted by molar-refractivity contribution is 7.85. The SMILES string of the molecule is O=S(CCCCCO)c1ccc(Cl)cc1. The molecule has 0 heterocycles. The van der Waals surface area contributed by atoms with Crippen molar-refractivity contribution in [1.29, 1.82) is 0 Å². The highest BCUT2D eigenvalue weighted by atomic mass is 35.5. The van der Waals surface area contributed by atoms with E-state index in [2.05, 4.69) is 0 Å². The van der Waals surface area contributed by atoms with Gasteiger partial charge in [-0.05, 0) is 37.1 Å². The second-order valence-corrected chi connectivity index (χ2v) is 5.29. The van der Waals surface area contributed by atoms with E-state index in [1.165, 1.54) is 0 Å². The Morgan fingerprint density at radius 2 is 1.80 bits per heavy atom. The fraction of sp³-hybridized carbons (Fsp3) is 0.455. The molecule has 1 atom stereocenters. The molecule has 0 aromatic heterocycles. The molecule has 15 heavy (non-hydrogen) atoms. The van der Waals surface area contributed by atoms with Crippen molar-refractivity contribution < 1.29 is 9.32 Å². The molecular formula is C11H15ClO2S. The first-order valence-electron chi connectivity index (χ1n) is 4.99. The van der Waals surface area contributed by atoms with Crippen molar-refractivity contribution in [2.45, 2.75) is 24.2 Å². The Balaban J connectivity index is 2.37. The minimum absolute atomic E-state index is 0.216. The Labute approximate surface area is 97.7 Å². The van der Waals surface area contributed by atoms with Crippen molar-refractivity contribution in [2.24, 2.45) is 0 Å². The van der Waals surface area contributed by atoms with Crippen LogP contribution in [0.1, 0.15) is 19.3 Å². The van der Waals surface area contributed by atoms with E-state index in [1.54, 1.807) is 24.3 Å². The molecule has 0 saturated heterocycles. The summed E-state index contributed by atoms with van der Waals surface area (Å²) in [7, 11) is -0.935. The quantitative estimate of drug-likeness (QED) is 0.784. The Morgan fingerprint density at radius 1 is 1.13 bits per heavy atom. The van der Waals surface area contributed by atoms with Gasteiger partial charge in [0.15, 0.2) is 0 Å². The lowest BCUT2D eigenvalue weighted by molar-refractivity contribution is 0.284. The first kappa shape index (κ1) is 12.7. The molecule has 0 amide bonds. The summed E-state index contributed by atoms with van der Waals surface area (Å²) in [6.45, 7) is 0.216. The van der Waals surface area contributed by atoms with Crippen LogP contribution in [0.15, 0.2) is 29.2 Å². The van der Waals surface area contributed by atoms with Gasteiger partial charge in [-0.15, -0.1) is 0 Å². The second kappa shape index (κ2) is 6.99. The van der Waals surface area contributed by atoms with E-state index >= 15 is 0 Å². The van der Waals surface area contributed by atoms with Crippen LogP contribution < -0.4 is 0 Å². The van der Waals surface area contributed by atoms with Gasteiger partial charge in [0, 0.05) is 22.3 Å². The maximum absolute atomic E-state index is 11.7. The van der Waals surface area contributed by atoms with Crippen molar-refractivity contribution in [3.05, 3.63) is 29.3 Å². The van der Waals surface area contributed by atoms with E-state index in [1.807, 2.05) is 0 Å². The monoisotopic (exact) mass is 246 g/mol. The molecule has 0 radical (unpaired) electrons. The van der Waals surface area contributed by atoms with E-state index in [9.17, 15) is 4.21 Å². The van der Waals surface area contributed by atoms with Gasteiger partial charge in [0.1, 0.15) is 0 Å². The van der Waals surface area contributed by atoms with Crippen LogP contribution in [-0.4, -0.2) is 21.7 Å². The van der Waals surface area contributed by atoms with Crippen molar-refractivity contribution in [3.63, 3.8) is 0 Å². The van der Waals surface area contributed by atoms with Crippen LogP contribution in [-0.2, 0) is 10.8 Å². The summed E-state index contributed by atoms with van der Waals surface area (Å²) in [5.74, 6) is 0.654. The molecule has 0 aliphatic rings. The number of halogens is 1. The molecule has 0 spiro atoms. The third kappa shape index (κ3) is 4.78. The predicted octanol–water partition coefficient (Wildman–Crippen LogP) is 2.61. The minimum Gasteiger partial charge on any atom is -0.396 e. The van der Waals surface area contributed by atoms with Crippen LogP contribution in [0.4, 0.5) is 0 Å². The maximum atomic E-state index is 11.7. The fourth-order valence-corrected chi connectivity index (χ4v) is 2.49. The number of aliphatic hydroxyl groups is 1. The van der Waals surface area contributed by atoms with Crippen molar-refractivity contribution in [3.8, 4) is 0 Å². The summed E-state index contributed by atoms with van der Waals surface area (Å²) >= 11 is 5.74. The molecule has 0 fully saturated rings. The van der Waals surface area contributed by atoms with Crippen LogP contribution in [0.3, 0.4) is 0 Å². The van der Waals surface area contributed by atoms with Gasteiger partial charge in [-0.25, -0.2) is 0 Å². The van der Waals surface area contributed by atoms with Crippen LogP contribution in [0.25, 0.3) is 0 Å². The lowest BCUT2D eigenvalue weighted by Crippen LogP contribution is -1.98. The maximum Gasteiger partial charge on any atom is 0.0529 e. The van der Waals surface area contributed by atoms with Gasteiger partial charge in [-0.3, -0.25) is 4.21 Å². The molecule has 1 unspecified atom stereocenters. The molecule has 0 aliphatic carbocycles. The van der Waals surface area contributed by atoms with E-state index in [0.717, 1.165) is 24.2 Å². The number of hydrogen-bond donors (Lipinski definition) is 1. The van der Waals surface area contributed by atoms with E-state index < -0.39 is 10.8 Å².